The maximum Gasteiger partial charge on any atom is 0.227 e. The SMILES string of the molecule is Cc1ccc(CNC(=O)C2CC(=O)N(c3ccc(OCc4ccc(Cl)cc4Cl)cc3)C2)cc1. The van der Waals surface area contributed by atoms with Crippen molar-refractivity contribution in [1.29, 1.82) is 0 Å². The number of rotatable bonds is 7. The van der Waals surface area contributed by atoms with Crippen LogP contribution in [0.3, 0.4) is 0 Å². The van der Waals surface area contributed by atoms with E-state index in [0.29, 0.717) is 35.5 Å². The molecule has 0 aliphatic carbocycles. The van der Waals surface area contributed by atoms with Gasteiger partial charge in [-0.15, -0.1) is 0 Å². The van der Waals surface area contributed by atoms with Gasteiger partial charge in [0, 0.05) is 40.8 Å². The summed E-state index contributed by atoms with van der Waals surface area (Å²) in [6.45, 7) is 3.14. The summed E-state index contributed by atoms with van der Waals surface area (Å²) in [5.41, 5.74) is 3.78. The minimum atomic E-state index is -0.370. The van der Waals surface area contributed by atoms with E-state index in [-0.39, 0.29) is 24.2 Å². The summed E-state index contributed by atoms with van der Waals surface area (Å²) in [7, 11) is 0. The van der Waals surface area contributed by atoms with Crippen LogP contribution in [0.1, 0.15) is 23.1 Å². The Morgan fingerprint density at radius 2 is 1.79 bits per heavy atom. The van der Waals surface area contributed by atoms with Crippen molar-refractivity contribution in [3.63, 3.8) is 0 Å². The second-order valence-corrected chi connectivity index (χ2v) is 8.97. The first-order valence-corrected chi connectivity index (χ1v) is 11.4. The number of nitrogens with one attached hydrogen (secondary N) is 1. The summed E-state index contributed by atoms with van der Waals surface area (Å²) in [5, 5.41) is 4.07. The third-order valence-electron chi connectivity index (χ3n) is 5.64. The van der Waals surface area contributed by atoms with Gasteiger partial charge >= 0.3 is 0 Å². The van der Waals surface area contributed by atoms with Crippen LogP contribution in [0.2, 0.25) is 10.0 Å². The fourth-order valence-corrected chi connectivity index (χ4v) is 4.16. The van der Waals surface area contributed by atoms with Gasteiger partial charge in [0.25, 0.3) is 0 Å². The number of aryl methyl sites for hydroxylation is 1. The van der Waals surface area contributed by atoms with Crippen LogP contribution < -0.4 is 15.0 Å². The highest BCUT2D eigenvalue weighted by molar-refractivity contribution is 6.35. The van der Waals surface area contributed by atoms with Crippen molar-refractivity contribution in [3.05, 3.63) is 93.5 Å². The summed E-state index contributed by atoms with van der Waals surface area (Å²) < 4.78 is 5.80. The predicted molar refractivity (Wildman–Crippen MR) is 131 cm³/mol. The zero-order valence-electron chi connectivity index (χ0n) is 18.2. The summed E-state index contributed by atoms with van der Waals surface area (Å²) in [6.07, 6.45) is 0.201. The van der Waals surface area contributed by atoms with Gasteiger partial charge in [-0.2, -0.15) is 0 Å². The van der Waals surface area contributed by atoms with Gasteiger partial charge in [-0.25, -0.2) is 0 Å². The number of benzene rings is 3. The Labute approximate surface area is 203 Å². The highest BCUT2D eigenvalue weighted by Gasteiger charge is 2.35. The third-order valence-corrected chi connectivity index (χ3v) is 6.23. The molecule has 0 radical (unpaired) electrons. The Balaban J connectivity index is 1.31. The molecule has 1 aliphatic rings. The zero-order chi connectivity index (χ0) is 23.4. The Morgan fingerprint density at radius 3 is 2.48 bits per heavy atom. The Morgan fingerprint density at radius 1 is 1.06 bits per heavy atom. The quantitative estimate of drug-likeness (QED) is 0.480. The molecule has 3 aromatic rings. The smallest absolute Gasteiger partial charge is 0.227 e. The van der Waals surface area contributed by atoms with Crippen molar-refractivity contribution >= 4 is 40.7 Å². The molecule has 1 atom stereocenters. The lowest BCUT2D eigenvalue weighted by Gasteiger charge is -2.17. The summed E-state index contributed by atoms with van der Waals surface area (Å²) in [4.78, 5) is 26.8. The molecule has 1 saturated heterocycles. The molecule has 1 fully saturated rings. The highest BCUT2D eigenvalue weighted by atomic mass is 35.5. The molecule has 4 rings (SSSR count). The molecule has 2 amide bonds. The molecule has 3 aromatic carbocycles. The van der Waals surface area contributed by atoms with Gasteiger partial charge in [0.05, 0.1) is 5.92 Å². The van der Waals surface area contributed by atoms with E-state index in [1.54, 1.807) is 29.2 Å². The van der Waals surface area contributed by atoms with Gasteiger partial charge in [0.1, 0.15) is 12.4 Å². The second-order valence-electron chi connectivity index (χ2n) is 8.13. The molecule has 170 valence electrons. The molecular formula is C26H24Cl2N2O3. The summed E-state index contributed by atoms with van der Waals surface area (Å²) >= 11 is 12.1. The van der Waals surface area contributed by atoms with Crippen LogP contribution in [0.4, 0.5) is 5.69 Å². The van der Waals surface area contributed by atoms with Crippen LogP contribution in [0, 0.1) is 12.8 Å². The van der Waals surface area contributed by atoms with Crippen molar-refractivity contribution in [2.45, 2.75) is 26.5 Å². The maximum absolute atomic E-state index is 12.6. The number of halogens is 2. The Bertz CT molecular complexity index is 1150. The molecule has 33 heavy (non-hydrogen) atoms. The number of nitrogens with zero attached hydrogens (tertiary/aromatic N) is 1. The van der Waals surface area contributed by atoms with E-state index < -0.39 is 0 Å². The van der Waals surface area contributed by atoms with Crippen LogP contribution >= 0.6 is 23.2 Å². The monoisotopic (exact) mass is 482 g/mol. The molecule has 1 unspecified atom stereocenters. The van der Waals surface area contributed by atoms with Crippen LogP contribution in [-0.4, -0.2) is 18.4 Å². The lowest BCUT2D eigenvalue weighted by molar-refractivity contribution is -0.126. The van der Waals surface area contributed by atoms with E-state index >= 15 is 0 Å². The van der Waals surface area contributed by atoms with E-state index in [4.69, 9.17) is 27.9 Å². The average molecular weight is 483 g/mol. The van der Waals surface area contributed by atoms with Crippen LogP contribution in [0.25, 0.3) is 0 Å². The molecule has 1 aliphatic heterocycles. The number of amides is 2. The minimum Gasteiger partial charge on any atom is -0.489 e. The topological polar surface area (TPSA) is 58.6 Å². The fourth-order valence-electron chi connectivity index (χ4n) is 3.69. The fraction of sp³-hybridized carbons (Fsp3) is 0.231. The number of carbonyl (C=O) groups is 2. The largest absolute Gasteiger partial charge is 0.489 e. The predicted octanol–water partition coefficient (Wildman–Crippen LogP) is 5.55. The molecule has 0 saturated carbocycles. The molecular weight excluding hydrogens is 459 g/mol. The van der Waals surface area contributed by atoms with Crippen molar-refractivity contribution in [1.82, 2.24) is 5.32 Å². The van der Waals surface area contributed by atoms with Crippen molar-refractivity contribution < 1.29 is 14.3 Å². The van der Waals surface area contributed by atoms with Crippen molar-refractivity contribution in [2.75, 3.05) is 11.4 Å². The van der Waals surface area contributed by atoms with Crippen molar-refractivity contribution in [3.8, 4) is 5.75 Å². The lowest BCUT2D eigenvalue weighted by Crippen LogP contribution is -2.32. The second kappa shape index (κ2) is 10.3. The number of hydrogen-bond donors (Lipinski definition) is 1. The van der Waals surface area contributed by atoms with Crippen molar-refractivity contribution in [2.24, 2.45) is 5.92 Å². The van der Waals surface area contributed by atoms with Gasteiger partial charge < -0.3 is 15.0 Å². The normalized spacial score (nSPS) is 15.5. The number of carbonyl (C=O) groups excluding carboxylic acids is 2. The van der Waals surface area contributed by atoms with Gasteiger partial charge in [0.2, 0.25) is 11.8 Å². The van der Waals surface area contributed by atoms with E-state index in [1.165, 1.54) is 5.56 Å². The molecule has 0 aromatic heterocycles. The summed E-state index contributed by atoms with van der Waals surface area (Å²) in [5.74, 6) is 0.119. The van der Waals surface area contributed by atoms with E-state index in [1.807, 2.05) is 49.4 Å². The minimum absolute atomic E-state index is 0.0629. The summed E-state index contributed by atoms with van der Waals surface area (Å²) in [6, 6.07) is 20.5. The first-order chi connectivity index (χ1) is 15.9. The zero-order valence-corrected chi connectivity index (χ0v) is 19.7. The lowest BCUT2D eigenvalue weighted by atomic mass is 10.1. The first-order valence-electron chi connectivity index (χ1n) is 10.7. The third kappa shape index (κ3) is 5.86. The Hall–Kier alpha value is -3.02. The van der Waals surface area contributed by atoms with Crippen LogP contribution in [0.5, 0.6) is 5.75 Å². The average Bonchev–Trinajstić information content (AvgIpc) is 3.20. The molecule has 0 spiro atoms. The highest BCUT2D eigenvalue weighted by Crippen LogP contribution is 2.28. The van der Waals surface area contributed by atoms with Gasteiger partial charge in [-0.1, -0.05) is 59.1 Å². The van der Waals surface area contributed by atoms with Crippen LogP contribution in [-0.2, 0) is 22.7 Å². The number of anilines is 1. The number of hydrogen-bond acceptors (Lipinski definition) is 3. The number of ether oxygens (including phenoxy) is 1. The molecule has 5 nitrogen and oxygen atoms in total. The van der Waals surface area contributed by atoms with E-state index in [9.17, 15) is 9.59 Å². The Kier molecular flexibility index (Phi) is 7.21. The molecule has 1 N–H and O–H groups in total. The molecule has 0 bridgehead atoms. The van der Waals surface area contributed by atoms with Gasteiger partial charge in [-0.3, -0.25) is 9.59 Å². The molecule has 1 heterocycles. The van der Waals surface area contributed by atoms with E-state index in [2.05, 4.69) is 5.32 Å². The maximum atomic E-state index is 12.6. The van der Waals surface area contributed by atoms with Crippen LogP contribution in [0.15, 0.2) is 66.7 Å². The van der Waals surface area contributed by atoms with Gasteiger partial charge in [-0.05, 0) is 48.9 Å². The first kappa shape index (κ1) is 23.1. The van der Waals surface area contributed by atoms with Gasteiger partial charge in [0.15, 0.2) is 0 Å². The van der Waals surface area contributed by atoms with E-state index in [0.717, 1.165) is 16.8 Å². The molecule has 7 heteroatoms. The standard InChI is InChI=1S/C26H24Cl2N2O3/c1-17-2-4-18(5-3-17)14-29-26(32)20-12-25(31)30(15-20)22-8-10-23(11-9-22)33-16-19-6-7-21(27)13-24(19)28/h2-11,13,20H,12,14-16H2,1H3,(H,29,32).